The molecule has 0 unspecified atom stereocenters. The number of nitrogens with one attached hydrogen (secondary N) is 1. The first kappa shape index (κ1) is 19.8. The Morgan fingerprint density at radius 2 is 1.96 bits per heavy atom. The molecule has 0 saturated carbocycles. The lowest BCUT2D eigenvalue weighted by Gasteiger charge is -2.30. The van der Waals surface area contributed by atoms with Crippen molar-refractivity contribution in [1.29, 1.82) is 0 Å². The number of benzene rings is 2. The first-order valence-corrected chi connectivity index (χ1v) is 9.29. The summed E-state index contributed by atoms with van der Waals surface area (Å²) in [5.74, 6) is -1.38. The molecule has 0 radical (unpaired) electrons. The molecule has 1 heterocycles. The van der Waals surface area contributed by atoms with Gasteiger partial charge in [0, 0.05) is 24.3 Å². The summed E-state index contributed by atoms with van der Waals surface area (Å²) < 4.78 is 24.0. The molecule has 1 aliphatic heterocycles. The van der Waals surface area contributed by atoms with Crippen LogP contribution >= 0.6 is 0 Å². The van der Waals surface area contributed by atoms with Crippen LogP contribution in [0, 0.1) is 5.82 Å². The zero-order valence-corrected chi connectivity index (χ0v) is 15.7. The van der Waals surface area contributed by atoms with E-state index in [4.69, 9.17) is 9.47 Å². The van der Waals surface area contributed by atoms with E-state index in [0.717, 1.165) is 11.8 Å². The molecule has 7 heteroatoms. The Balaban J connectivity index is 1.85. The first-order valence-electron chi connectivity index (χ1n) is 9.29. The van der Waals surface area contributed by atoms with Crippen LogP contribution in [-0.2, 0) is 9.47 Å². The van der Waals surface area contributed by atoms with Gasteiger partial charge in [-0.2, -0.15) is 0 Å². The maximum atomic E-state index is 13.4. The van der Waals surface area contributed by atoms with E-state index in [1.54, 1.807) is 18.2 Å². The van der Waals surface area contributed by atoms with Gasteiger partial charge >= 0.3 is 5.97 Å². The number of halogens is 1. The second kappa shape index (κ2) is 9.32. The van der Waals surface area contributed by atoms with Gasteiger partial charge in [0.15, 0.2) is 0 Å². The molecule has 0 aromatic heterocycles. The normalized spacial score (nSPS) is 13.9. The van der Waals surface area contributed by atoms with Crippen molar-refractivity contribution in [3.63, 3.8) is 0 Å². The predicted molar refractivity (Wildman–Crippen MR) is 104 cm³/mol. The molecule has 148 valence electrons. The van der Waals surface area contributed by atoms with Gasteiger partial charge in [-0.1, -0.05) is 13.0 Å². The van der Waals surface area contributed by atoms with E-state index in [0.29, 0.717) is 50.6 Å². The van der Waals surface area contributed by atoms with Gasteiger partial charge in [-0.05, 0) is 42.8 Å². The van der Waals surface area contributed by atoms with Gasteiger partial charge in [-0.3, -0.25) is 4.79 Å². The lowest BCUT2D eigenvalue weighted by molar-refractivity contribution is 0.0504. The zero-order valence-electron chi connectivity index (χ0n) is 15.7. The van der Waals surface area contributed by atoms with Crippen molar-refractivity contribution < 1.29 is 23.5 Å². The smallest absolute Gasteiger partial charge is 0.340 e. The van der Waals surface area contributed by atoms with Crippen molar-refractivity contribution in [2.75, 3.05) is 43.1 Å². The minimum Gasteiger partial charge on any atom is -0.462 e. The second-order valence-electron chi connectivity index (χ2n) is 6.43. The molecule has 6 nitrogen and oxygen atoms in total. The molecular formula is C21H23FN2O4. The van der Waals surface area contributed by atoms with Crippen molar-refractivity contribution >= 4 is 23.3 Å². The van der Waals surface area contributed by atoms with E-state index in [9.17, 15) is 14.0 Å². The largest absolute Gasteiger partial charge is 0.462 e. The summed E-state index contributed by atoms with van der Waals surface area (Å²) in [6, 6.07) is 10.5. The number of anilines is 2. The van der Waals surface area contributed by atoms with Crippen LogP contribution in [0.25, 0.3) is 0 Å². The Hall–Kier alpha value is -2.93. The Labute approximate surface area is 163 Å². The van der Waals surface area contributed by atoms with Crippen LogP contribution in [0.1, 0.15) is 34.1 Å². The molecule has 1 amide bonds. The molecule has 0 spiro atoms. The molecule has 2 aromatic carbocycles. The van der Waals surface area contributed by atoms with Gasteiger partial charge in [-0.15, -0.1) is 0 Å². The number of hydrogen-bond acceptors (Lipinski definition) is 5. The van der Waals surface area contributed by atoms with Gasteiger partial charge in [0.05, 0.1) is 31.1 Å². The lowest BCUT2D eigenvalue weighted by atomic mass is 10.1. The predicted octanol–water partition coefficient (Wildman–Crippen LogP) is 3.48. The fourth-order valence-electron chi connectivity index (χ4n) is 2.96. The van der Waals surface area contributed by atoms with E-state index in [1.165, 1.54) is 18.2 Å². The van der Waals surface area contributed by atoms with Gasteiger partial charge in [0.25, 0.3) is 5.91 Å². The number of ether oxygens (including phenoxy) is 2. The Bertz CT molecular complexity index is 850. The highest BCUT2D eigenvalue weighted by molar-refractivity contribution is 6.05. The van der Waals surface area contributed by atoms with Crippen LogP contribution in [0.5, 0.6) is 0 Å². The highest BCUT2D eigenvalue weighted by Crippen LogP contribution is 2.26. The summed E-state index contributed by atoms with van der Waals surface area (Å²) in [5.41, 5.74) is 1.77. The molecule has 0 atom stereocenters. The molecule has 1 saturated heterocycles. The Morgan fingerprint density at radius 3 is 2.68 bits per heavy atom. The summed E-state index contributed by atoms with van der Waals surface area (Å²) in [5, 5.41) is 2.71. The second-order valence-corrected chi connectivity index (χ2v) is 6.43. The SMILES string of the molecule is CCCOC(=O)c1cc(NC(=O)c2cccc(F)c2)ccc1N1CCOCC1. The molecule has 2 aromatic rings. The van der Waals surface area contributed by atoms with Gasteiger partial charge in [0.2, 0.25) is 0 Å². The molecule has 1 fully saturated rings. The fraction of sp³-hybridized carbons (Fsp3) is 0.333. The number of carbonyl (C=O) groups excluding carboxylic acids is 2. The van der Waals surface area contributed by atoms with E-state index in [2.05, 4.69) is 10.2 Å². The minimum absolute atomic E-state index is 0.201. The van der Waals surface area contributed by atoms with E-state index < -0.39 is 17.7 Å². The Kier molecular flexibility index (Phi) is 6.60. The van der Waals surface area contributed by atoms with Crippen LogP contribution in [0.2, 0.25) is 0 Å². The maximum Gasteiger partial charge on any atom is 0.340 e. The number of nitrogens with zero attached hydrogens (tertiary/aromatic N) is 1. The number of rotatable bonds is 6. The molecule has 1 N–H and O–H groups in total. The van der Waals surface area contributed by atoms with E-state index in [1.807, 2.05) is 6.92 Å². The molecule has 3 rings (SSSR count). The van der Waals surface area contributed by atoms with Crippen molar-refractivity contribution in [1.82, 2.24) is 0 Å². The first-order chi connectivity index (χ1) is 13.6. The van der Waals surface area contributed by atoms with Gasteiger partial charge < -0.3 is 19.7 Å². The van der Waals surface area contributed by atoms with Crippen LogP contribution in [0.3, 0.4) is 0 Å². The standard InChI is InChI=1S/C21H23FN2O4/c1-2-10-28-21(26)18-14-17(6-7-19(18)24-8-11-27-12-9-24)23-20(25)15-4-3-5-16(22)13-15/h3-7,13-14H,2,8-12H2,1H3,(H,23,25). The van der Waals surface area contributed by atoms with E-state index in [-0.39, 0.29) is 5.56 Å². The van der Waals surface area contributed by atoms with Crippen LogP contribution in [-0.4, -0.2) is 44.8 Å². The average molecular weight is 386 g/mol. The number of amides is 1. The quantitative estimate of drug-likeness (QED) is 0.770. The maximum absolute atomic E-state index is 13.4. The molecular weight excluding hydrogens is 363 g/mol. The third kappa shape index (κ3) is 4.86. The van der Waals surface area contributed by atoms with Crippen molar-refractivity contribution in [3.05, 3.63) is 59.4 Å². The Morgan fingerprint density at radius 1 is 1.18 bits per heavy atom. The summed E-state index contributed by atoms with van der Waals surface area (Å²) in [4.78, 5) is 27.0. The average Bonchev–Trinajstić information content (AvgIpc) is 2.72. The molecule has 1 aliphatic rings. The van der Waals surface area contributed by atoms with E-state index >= 15 is 0 Å². The van der Waals surface area contributed by atoms with Gasteiger partial charge in [0.1, 0.15) is 5.82 Å². The number of carbonyl (C=O) groups is 2. The lowest BCUT2D eigenvalue weighted by Crippen LogP contribution is -2.37. The number of morpholine rings is 1. The molecule has 28 heavy (non-hydrogen) atoms. The summed E-state index contributed by atoms with van der Waals surface area (Å²) in [6.45, 7) is 4.75. The third-order valence-electron chi connectivity index (χ3n) is 4.35. The molecule has 0 bridgehead atoms. The number of hydrogen-bond donors (Lipinski definition) is 1. The summed E-state index contributed by atoms with van der Waals surface area (Å²) in [6.07, 6.45) is 0.717. The number of esters is 1. The highest BCUT2D eigenvalue weighted by Gasteiger charge is 2.21. The molecule has 0 aliphatic carbocycles. The van der Waals surface area contributed by atoms with Crippen molar-refractivity contribution in [2.45, 2.75) is 13.3 Å². The third-order valence-corrected chi connectivity index (χ3v) is 4.35. The van der Waals surface area contributed by atoms with Gasteiger partial charge in [-0.25, -0.2) is 9.18 Å². The monoisotopic (exact) mass is 386 g/mol. The topological polar surface area (TPSA) is 67.9 Å². The summed E-state index contributed by atoms with van der Waals surface area (Å²) in [7, 11) is 0. The summed E-state index contributed by atoms with van der Waals surface area (Å²) >= 11 is 0. The van der Waals surface area contributed by atoms with Crippen LogP contribution in [0.15, 0.2) is 42.5 Å². The minimum atomic E-state index is -0.487. The fourth-order valence-corrected chi connectivity index (χ4v) is 2.96. The van der Waals surface area contributed by atoms with Crippen LogP contribution in [0.4, 0.5) is 15.8 Å². The van der Waals surface area contributed by atoms with Crippen molar-refractivity contribution in [3.8, 4) is 0 Å². The van der Waals surface area contributed by atoms with Crippen molar-refractivity contribution in [2.24, 2.45) is 0 Å². The highest BCUT2D eigenvalue weighted by atomic mass is 19.1. The zero-order chi connectivity index (χ0) is 19.9. The van der Waals surface area contributed by atoms with Crippen LogP contribution < -0.4 is 10.2 Å².